The number of carbonyl (C=O) groups is 3. The molecule has 0 saturated heterocycles. The van der Waals surface area contributed by atoms with Crippen LogP contribution in [0.1, 0.15) is 6.42 Å². The van der Waals surface area contributed by atoms with E-state index in [0.717, 1.165) is 0 Å². The number of aliphatic hydroxyl groups is 1. The van der Waals surface area contributed by atoms with Gasteiger partial charge in [0.15, 0.2) is 5.60 Å². The number of nitrogens with two attached hydrogens (primary N) is 2. The van der Waals surface area contributed by atoms with Crippen molar-refractivity contribution < 1.29 is 34.8 Å². The average Bonchev–Trinajstić information content (AvgIpc) is 2.15. The molecule has 9 heteroatoms. The van der Waals surface area contributed by atoms with Gasteiger partial charge in [0.25, 0.3) is 0 Å². The van der Waals surface area contributed by atoms with Crippen LogP contribution in [0.4, 0.5) is 0 Å². The van der Waals surface area contributed by atoms with Crippen LogP contribution in [0, 0.1) is 5.92 Å². The fourth-order valence-electron chi connectivity index (χ4n) is 1.43. The Hall–Kier alpha value is -1.71. The minimum absolute atomic E-state index is 0.411. The number of hydrogen-bond donors (Lipinski definition) is 6. The fourth-order valence-corrected chi connectivity index (χ4v) is 1.43. The van der Waals surface area contributed by atoms with Crippen molar-refractivity contribution >= 4 is 17.9 Å². The molecule has 0 aromatic rings. The molecule has 3 atom stereocenters. The SMILES string of the molecule is NCC(N)C(C(=O)O)C(O)(CC(=O)O)C(=O)O. The minimum Gasteiger partial charge on any atom is -0.481 e. The van der Waals surface area contributed by atoms with Gasteiger partial charge >= 0.3 is 17.9 Å². The summed E-state index contributed by atoms with van der Waals surface area (Å²) < 4.78 is 0. The Morgan fingerprint density at radius 1 is 1.18 bits per heavy atom. The lowest BCUT2D eigenvalue weighted by atomic mass is 9.79. The molecule has 8 N–H and O–H groups in total. The van der Waals surface area contributed by atoms with Crippen molar-refractivity contribution in [1.29, 1.82) is 0 Å². The second kappa shape index (κ2) is 5.57. The molecule has 0 aromatic carbocycles. The topological polar surface area (TPSA) is 184 Å². The van der Waals surface area contributed by atoms with E-state index in [-0.39, 0.29) is 0 Å². The van der Waals surface area contributed by atoms with Crippen LogP contribution < -0.4 is 11.5 Å². The molecule has 0 aliphatic rings. The molecule has 0 spiro atoms. The molecule has 0 fully saturated rings. The number of hydrogen-bond acceptors (Lipinski definition) is 6. The average molecular weight is 250 g/mol. The number of carboxylic acid groups (broad SMARTS) is 3. The summed E-state index contributed by atoms with van der Waals surface area (Å²) in [5.41, 5.74) is 7.39. The highest BCUT2D eigenvalue weighted by molar-refractivity contribution is 5.90. The molecule has 98 valence electrons. The normalized spacial score (nSPS) is 17.8. The van der Waals surface area contributed by atoms with E-state index in [4.69, 9.17) is 26.8 Å². The van der Waals surface area contributed by atoms with Gasteiger partial charge in [0, 0.05) is 12.6 Å². The summed E-state index contributed by atoms with van der Waals surface area (Å²) in [6.07, 6.45) is -1.28. The molecule has 0 radical (unpaired) electrons. The van der Waals surface area contributed by atoms with Crippen molar-refractivity contribution in [3.63, 3.8) is 0 Å². The molecule has 9 nitrogen and oxygen atoms in total. The summed E-state index contributed by atoms with van der Waals surface area (Å²) in [5.74, 6) is -7.38. The van der Waals surface area contributed by atoms with E-state index < -0.39 is 48.4 Å². The number of carboxylic acids is 3. The van der Waals surface area contributed by atoms with Crippen molar-refractivity contribution in [2.24, 2.45) is 17.4 Å². The fraction of sp³-hybridized carbons (Fsp3) is 0.625. The highest BCUT2D eigenvalue weighted by atomic mass is 16.4. The molecule has 0 bridgehead atoms. The third-order valence-corrected chi connectivity index (χ3v) is 2.27. The Labute approximate surface area is 95.6 Å². The van der Waals surface area contributed by atoms with Crippen LogP contribution in [0.5, 0.6) is 0 Å². The molecule has 0 aromatic heterocycles. The van der Waals surface area contributed by atoms with Crippen LogP contribution >= 0.6 is 0 Å². The van der Waals surface area contributed by atoms with Gasteiger partial charge in [-0.3, -0.25) is 9.59 Å². The zero-order valence-electron chi connectivity index (χ0n) is 8.74. The van der Waals surface area contributed by atoms with E-state index in [0.29, 0.717) is 0 Å². The standard InChI is InChI=1S/C8H14N2O7/c9-2-3(10)5(6(13)14)8(17,7(15)16)1-4(11)12/h3,5,17H,1-2,9-10H2,(H,11,12)(H,13,14)(H,15,16). The molecule has 0 aliphatic carbocycles. The summed E-state index contributed by atoms with van der Waals surface area (Å²) in [6, 6.07) is -1.38. The van der Waals surface area contributed by atoms with Gasteiger partial charge in [-0.05, 0) is 0 Å². The first-order chi connectivity index (χ1) is 7.66. The van der Waals surface area contributed by atoms with Crippen LogP contribution in [0.2, 0.25) is 0 Å². The van der Waals surface area contributed by atoms with Crippen molar-refractivity contribution in [3.8, 4) is 0 Å². The Morgan fingerprint density at radius 2 is 1.65 bits per heavy atom. The largest absolute Gasteiger partial charge is 0.481 e. The number of aliphatic carboxylic acids is 3. The molecule has 3 unspecified atom stereocenters. The van der Waals surface area contributed by atoms with Gasteiger partial charge in [-0.2, -0.15) is 0 Å². The Morgan fingerprint density at radius 3 is 1.88 bits per heavy atom. The van der Waals surface area contributed by atoms with Crippen molar-refractivity contribution in [2.45, 2.75) is 18.1 Å². The monoisotopic (exact) mass is 250 g/mol. The maximum absolute atomic E-state index is 10.9. The highest BCUT2D eigenvalue weighted by Crippen LogP contribution is 2.25. The van der Waals surface area contributed by atoms with Crippen molar-refractivity contribution in [1.82, 2.24) is 0 Å². The third kappa shape index (κ3) is 3.37. The molecule has 0 heterocycles. The van der Waals surface area contributed by atoms with Gasteiger partial charge in [0.1, 0.15) is 5.92 Å². The summed E-state index contributed by atoms with van der Waals surface area (Å²) in [4.78, 5) is 32.2. The van der Waals surface area contributed by atoms with Crippen LogP contribution in [-0.4, -0.2) is 56.5 Å². The van der Waals surface area contributed by atoms with Gasteiger partial charge in [-0.1, -0.05) is 0 Å². The lowest BCUT2D eigenvalue weighted by Crippen LogP contribution is -2.59. The lowest BCUT2D eigenvalue weighted by Gasteiger charge is -2.31. The van der Waals surface area contributed by atoms with Crippen LogP contribution in [0.3, 0.4) is 0 Å². The smallest absolute Gasteiger partial charge is 0.337 e. The van der Waals surface area contributed by atoms with E-state index in [1.807, 2.05) is 0 Å². The molecular weight excluding hydrogens is 236 g/mol. The maximum atomic E-state index is 10.9. The van der Waals surface area contributed by atoms with E-state index in [2.05, 4.69) is 0 Å². The Kier molecular flexibility index (Phi) is 5.01. The first-order valence-corrected chi connectivity index (χ1v) is 4.52. The van der Waals surface area contributed by atoms with Gasteiger partial charge in [0.2, 0.25) is 0 Å². The van der Waals surface area contributed by atoms with E-state index >= 15 is 0 Å². The Balaban J connectivity index is 5.45. The van der Waals surface area contributed by atoms with Crippen molar-refractivity contribution in [2.75, 3.05) is 6.54 Å². The molecule has 0 rings (SSSR count). The van der Waals surface area contributed by atoms with Gasteiger partial charge in [-0.15, -0.1) is 0 Å². The third-order valence-electron chi connectivity index (χ3n) is 2.27. The lowest BCUT2D eigenvalue weighted by molar-refractivity contribution is -0.180. The molecule has 17 heavy (non-hydrogen) atoms. The molecule has 0 amide bonds. The van der Waals surface area contributed by atoms with E-state index in [1.54, 1.807) is 0 Å². The quantitative estimate of drug-likeness (QED) is 0.279. The van der Waals surface area contributed by atoms with E-state index in [9.17, 15) is 19.5 Å². The van der Waals surface area contributed by atoms with Crippen LogP contribution in [0.15, 0.2) is 0 Å². The minimum atomic E-state index is -3.00. The predicted octanol–water partition coefficient (Wildman–Crippen LogP) is -2.74. The summed E-state index contributed by atoms with van der Waals surface area (Å²) in [7, 11) is 0. The second-order valence-corrected chi connectivity index (χ2v) is 3.52. The van der Waals surface area contributed by atoms with Gasteiger partial charge in [-0.25, -0.2) is 4.79 Å². The molecular formula is C8H14N2O7. The van der Waals surface area contributed by atoms with Crippen LogP contribution in [0.25, 0.3) is 0 Å². The number of rotatable bonds is 7. The van der Waals surface area contributed by atoms with Gasteiger partial charge in [0.05, 0.1) is 6.42 Å². The Bertz CT molecular complexity index is 332. The zero-order chi connectivity index (χ0) is 13.8. The predicted molar refractivity (Wildman–Crippen MR) is 53.0 cm³/mol. The second-order valence-electron chi connectivity index (χ2n) is 3.52. The summed E-state index contributed by atoms with van der Waals surface area (Å²) in [5, 5.41) is 35.8. The van der Waals surface area contributed by atoms with Crippen molar-refractivity contribution in [3.05, 3.63) is 0 Å². The summed E-state index contributed by atoms with van der Waals surface area (Å²) >= 11 is 0. The molecule has 0 aliphatic heterocycles. The first kappa shape index (κ1) is 15.3. The highest BCUT2D eigenvalue weighted by Gasteiger charge is 2.52. The zero-order valence-corrected chi connectivity index (χ0v) is 8.74. The summed E-state index contributed by atoms with van der Waals surface area (Å²) in [6.45, 7) is -0.411. The van der Waals surface area contributed by atoms with E-state index in [1.165, 1.54) is 0 Å². The first-order valence-electron chi connectivity index (χ1n) is 4.52. The van der Waals surface area contributed by atoms with Crippen LogP contribution in [-0.2, 0) is 14.4 Å². The van der Waals surface area contributed by atoms with Gasteiger partial charge < -0.3 is 31.9 Å². The maximum Gasteiger partial charge on any atom is 0.337 e. The molecule has 0 saturated carbocycles.